The van der Waals surface area contributed by atoms with E-state index in [9.17, 15) is 0 Å². The summed E-state index contributed by atoms with van der Waals surface area (Å²) in [5.74, 6) is 2.31. The second-order valence-corrected chi connectivity index (χ2v) is 4.74. The van der Waals surface area contributed by atoms with Crippen molar-refractivity contribution in [1.82, 2.24) is 5.32 Å². The molecule has 3 rings (SSSR count). The van der Waals surface area contributed by atoms with Crippen molar-refractivity contribution in [1.29, 1.82) is 0 Å². The van der Waals surface area contributed by atoms with Gasteiger partial charge < -0.3 is 19.5 Å². The Labute approximate surface area is 101 Å². The zero-order valence-corrected chi connectivity index (χ0v) is 10.2. The molecule has 1 saturated heterocycles. The minimum absolute atomic E-state index is 0.0215. The quantitative estimate of drug-likeness (QED) is 0.851. The van der Waals surface area contributed by atoms with Gasteiger partial charge in [0.2, 0.25) is 12.5 Å². The number of hydrogen-bond donors (Lipinski definition) is 1. The molecule has 1 unspecified atom stereocenters. The van der Waals surface area contributed by atoms with Crippen LogP contribution in [0.25, 0.3) is 0 Å². The van der Waals surface area contributed by atoms with Crippen LogP contribution in [-0.4, -0.2) is 20.4 Å². The first-order chi connectivity index (χ1) is 8.24. The first-order valence-electron chi connectivity index (χ1n) is 5.97. The van der Waals surface area contributed by atoms with Gasteiger partial charge in [-0.1, -0.05) is 0 Å². The fourth-order valence-corrected chi connectivity index (χ4v) is 2.71. The average molecular weight is 235 g/mol. The Morgan fingerprint density at radius 1 is 1.35 bits per heavy atom. The van der Waals surface area contributed by atoms with E-state index in [-0.39, 0.29) is 12.3 Å². The van der Waals surface area contributed by atoms with Crippen LogP contribution in [0.3, 0.4) is 0 Å². The Morgan fingerprint density at radius 2 is 2.24 bits per heavy atom. The lowest BCUT2D eigenvalue weighted by molar-refractivity contribution is 0.171. The zero-order chi connectivity index (χ0) is 11.9. The summed E-state index contributed by atoms with van der Waals surface area (Å²) in [6, 6.07) is 4.04. The predicted molar refractivity (Wildman–Crippen MR) is 63.7 cm³/mol. The highest BCUT2D eigenvalue weighted by Gasteiger charge is 2.35. The average Bonchev–Trinajstić information content (AvgIpc) is 2.96. The van der Waals surface area contributed by atoms with Crippen LogP contribution in [0.1, 0.15) is 25.3 Å². The summed E-state index contributed by atoms with van der Waals surface area (Å²) in [5, 5.41) is 3.54. The monoisotopic (exact) mass is 235 g/mol. The lowest BCUT2D eigenvalue weighted by atomic mass is 9.89. The van der Waals surface area contributed by atoms with Crippen LogP contribution in [0.4, 0.5) is 0 Å². The summed E-state index contributed by atoms with van der Waals surface area (Å²) < 4.78 is 16.4. The third-order valence-electron chi connectivity index (χ3n) is 3.66. The van der Waals surface area contributed by atoms with Crippen LogP contribution >= 0.6 is 0 Å². The van der Waals surface area contributed by atoms with Crippen LogP contribution in [0.2, 0.25) is 0 Å². The number of ether oxygens (including phenoxy) is 3. The van der Waals surface area contributed by atoms with Crippen molar-refractivity contribution in [2.24, 2.45) is 0 Å². The molecule has 0 saturated carbocycles. The highest BCUT2D eigenvalue weighted by molar-refractivity contribution is 5.58. The number of benzene rings is 1. The largest absolute Gasteiger partial charge is 0.492 e. The molecule has 92 valence electrons. The Bertz CT molecular complexity index is 439. The summed E-state index contributed by atoms with van der Waals surface area (Å²) in [4.78, 5) is 0. The second-order valence-electron chi connectivity index (χ2n) is 4.74. The van der Waals surface area contributed by atoms with Gasteiger partial charge in [-0.25, -0.2) is 0 Å². The van der Waals surface area contributed by atoms with E-state index in [0.717, 1.165) is 35.8 Å². The Kier molecular flexibility index (Phi) is 2.40. The number of nitrogens with one attached hydrogen (secondary N) is 1. The van der Waals surface area contributed by atoms with Crippen molar-refractivity contribution < 1.29 is 14.2 Å². The SMILES string of the molecule is COc1c(C2(C)CCCN2)ccc2c1OCO2. The highest BCUT2D eigenvalue weighted by Crippen LogP contribution is 2.47. The van der Waals surface area contributed by atoms with E-state index in [0.29, 0.717) is 0 Å². The molecule has 4 heteroatoms. The van der Waals surface area contributed by atoms with Crippen molar-refractivity contribution in [3.05, 3.63) is 17.7 Å². The van der Waals surface area contributed by atoms with E-state index in [1.165, 1.54) is 6.42 Å². The van der Waals surface area contributed by atoms with Crippen LogP contribution in [0.15, 0.2) is 12.1 Å². The summed E-state index contributed by atoms with van der Waals surface area (Å²) >= 11 is 0. The normalized spacial score (nSPS) is 26.2. The van der Waals surface area contributed by atoms with Crippen LogP contribution in [0, 0.1) is 0 Å². The molecule has 17 heavy (non-hydrogen) atoms. The molecule has 2 aliphatic rings. The van der Waals surface area contributed by atoms with Crippen LogP contribution in [0.5, 0.6) is 17.2 Å². The van der Waals surface area contributed by atoms with Gasteiger partial charge in [0.1, 0.15) is 0 Å². The minimum Gasteiger partial charge on any atom is -0.492 e. The smallest absolute Gasteiger partial charge is 0.231 e. The van der Waals surface area contributed by atoms with E-state index in [1.807, 2.05) is 6.07 Å². The molecule has 1 atom stereocenters. The number of hydrogen-bond acceptors (Lipinski definition) is 4. The molecule has 1 fully saturated rings. The molecular weight excluding hydrogens is 218 g/mol. The lowest BCUT2D eigenvalue weighted by Crippen LogP contribution is -2.33. The first-order valence-corrected chi connectivity index (χ1v) is 5.97. The molecular formula is C13H17NO3. The maximum Gasteiger partial charge on any atom is 0.231 e. The lowest BCUT2D eigenvalue weighted by Gasteiger charge is -2.27. The van der Waals surface area contributed by atoms with Crippen LogP contribution in [-0.2, 0) is 5.54 Å². The van der Waals surface area contributed by atoms with Gasteiger partial charge in [-0.15, -0.1) is 0 Å². The molecule has 0 radical (unpaired) electrons. The topological polar surface area (TPSA) is 39.7 Å². The fraction of sp³-hybridized carbons (Fsp3) is 0.538. The maximum atomic E-state index is 5.52. The van der Waals surface area contributed by atoms with Crippen molar-refractivity contribution >= 4 is 0 Å². The van der Waals surface area contributed by atoms with Gasteiger partial charge in [0.25, 0.3) is 0 Å². The maximum absolute atomic E-state index is 5.52. The number of rotatable bonds is 2. The molecule has 1 aromatic rings. The van der Waals surface area contributed by atoms with Crippen molar-refractivity contribution in [3.8, 4) is 17.2 Å². The Balaban J connectivity index is 2.11. The predicted octanol–water partition coefficient (Wildman–Crippen LogP) is 2.02. The van der Waals surface area contributed by atoms with E-state index in [4.69, 9.17) is 14.2 Å². The molecule has 4 nitrogen and oxygen atoms in total. The van der Waals surface area contributed by atoms with Gasteiger partial charge in [-0.05, 0) is 38.4 Å². The fourth-order valence-electron chi connectivity index (χ4n) is 2.71. The standard InChI is InChI=1S/C13H17NO3/c1-13(6-3-7-14-13)9-4-5-10-12(11(9)15-2)17-8-16-10/h4-5,14H,3,6-8H2,1-2H3. The van der Waals surface area contributed by atoms with Crippen molar-refractivity contribution in [3.63, 3.8) is 0 Å². The molecule has 1 N–H and O–H groups in total. The third-order valence-corrected chi connectivity index (χ3v) is 3.66. The van der Waals surface area contributed by atoms with E-state index in [2.05, 4.69) is 18.3 Å². The summed E-state index contributed by atoms with van der Waals surface area (Å²) in [5.41, 5.74) is 1.13. The van der Waals surface area contributed by atoms with Crippen LogP contribution < -0.4 is 19.5 Å². The molecule has 1 aromatic carbocycles. The Hall–Kier alpha value is -1.42. The molecule has 0 amide bonds. The third kappa shape index (κ3) is 1.55. The molecule has 0 aromatic heterocycles. The van der Waals surface area contributed by atoms with E-state index < -0.39 is 0 Å². The van der Waals surface area contributed by atoms with E-state index in [1.54, 1.807) is 7.11 Å². The van der Waals surface area contributed by atoms with E-state index >= 15 is 0 Å². The number of fused-ring (bicyclic) bond motifs is 1. The van der Waals surface area contributed by atoms with Crippen molar-refractivity contribution in [2.75, 3.05) is 20.4 Å². The van der Waals surface area contributed by atoms with Gasteiger partial charge in [0, 0.05) is 11.1 Å². The molecule has 0 aliphatic carbocycles. The molecule has 2 aliphatic heterocycles. The molecule has 2 heterocycles. The highest BCUT2D eigenvalue weighted by atomic mass is 16.7. The summed E-state index contributed by atoms with van der Waals surface area (Å²) in [7, 11) is 1.68. The molecule has 0 bridgehead atoms. The van der Waals surface area contributed by atoms with Gasteiger partial charge in [0.05, 0.1) is 7.11 Å². The summed E-state index contributed by atoms with van der Waals surface area (Å²) in [6.07, 6.45) is 2.30. The van der Waals surface area contributed by atoms with Gasteiger partial charge in [-0.2, -0.15) is 0 Å². The zero-order valence-electron chi connectivity index (χ0n) is 10.2. The minimum atomic E-state index is -0.0215. The van der Waals surface area contributed by atoms with Gasteiger partial charge >= 0.3 is 0 Å². The number of methoxy groups -OCH3 is 1. The Morgan fingerprint density at radius 3 is 2.94 bits per heavy atom. The first kappa shape index (κ1) is 10.7. The van der Waals surface area contributed by atoms with Crippen molar-refractivity contribution in [2.45, 2.75) is 25.3 Å². The second kappa shape index (κ2) is 3.81. The van der Waals surface area contributed by atoms with Gasteiger partial charge in [0.15, 0.2) is 11.5 Å². The molecule has 0 spiro atoms. The van der Waals surface area contributed by atoms with Gasteiger partial charge in [-0.3, -0.25) is 0 Å². The summed E-state index contributed by atoms with van der Waals surface area (Å²) in [6.45, 7) is 3.54.